The van der Waals surface area contributed by atoms with E-state index < -0.39 is 5.97 Å². The number of hydrogen-bond acceptors (Lipinski definition) is 5. The van der Waals surface area contributed by atoms with Gasteiger partial charge in [-0.05, 0) is 42.9 Å². The fraction of sp³-hybridized carbons (Fsp3) is 0.312. The number of hydrogen-bond donors (Lipinski definition) is 2. The predicted molar refractivity (Wildman–Crippen MR) is 87.9 cm³/mol. The van der Waals surface area contributed by atoms with Crippen molar-refractivity contribution in [2.75, 3.05) is 5.43 Å². The maximum Gasteiger partial charge on any atom is 0.335 e. The second-order valence-corrected chi connectivity index (χ2v) is 6.62. The number of hydrazone groups is 1. The van der Waals surface area contributed by atoms with E-state index in [1.807, 2.05) is 0 Å². The Labute approximate surface area is 132 Å². The molecule has 0 saturated carbocycles. The molecule has 1 atom stereocenters. The molecule has 1 aromatic heterocycles. The molecule has 0 saturated heterocycles. The summed E-state index contributed by atoms with van der Waals surface area (Å²) in [6.07, 6.45) is 5.02. The van der Waals surface area contributed by atoms with E-state index in [0.29, 0.717) is 0 Å². The maximum atomic E-state index is 10.8. The summed E-state index contributed by atoms with van der Waals surface area (Å²) in [5, 5.41) is 13.8. The number of thiazole rings is 1. The van der Waals surface area contributed by atoms with Crippen molar-refractivity contribution in [2.24, 2.45) is 11.0 Å². The zero-order valence-electron chi connectivity index (χ0n) is 12.2. The van der Waals surface area contributed by atoms with Crippen LogP contribution < -0.4 is 5.43 Å². The zero-order valence-corrected chi connectivity index (χ0v) is 13.1. The Balaban J connectivity index is 1.63. The van der Waals surface area contributed by atoms with Crippen LogP contribution in [-0.2, 0) is 12.8 Å². The molecule has 1 aliphatic carbocycles. The minimum Gasteiger partial charge on any atom is -0.478 e. The number of anilines is 1. The van der Waals surface area contributed by atoms with Gasteiger partial charge in [-0.15, -0.1) is 11.3 Å². The third-order valence-corrected chi connectivity index (χ3v) is 4.74. The van der Waals surface area contributed by atoms with Crippen molar-refractivity contribution in [3.63, 3.8) is 0 Å². The normalized spacial score (nSPS) is 17.4. The van der Waals surface area contributed by atoms with Crippen LogP contribution in [0.3, 0.4) is 0 Å². The lowest BCUT2D eigenvalue weighted by Gasteiger charge is -2.15. The number of nitrogens with one attached hydrogen (secondary N) is 1. The van der Waals surface area contributed by atoms with Gasteiger partial charge in [0.15, 0.2) is 0 Å². The molecule has 1 heterocycles. The van der Waals surface area contributed by atoms with Crippen LogP contribution in [0.4, 0.5) is 5.13 Å². The van der Waals surface area contributed by atoms with Gasteiger partial charge in [0.2, 0.25) is 5.13 Å². The molecule has 0 radical (unpaired) electrons. The number of carboxylic acid groups (broad SMARTS) is 1. The summed E-state index contributed by atoms with van der Waals surface area (Å²) in [4.78, 5) is 16.7. The average Bonchev–Trinajstić information content (AvgIpc) is 2.89. The van der Waals surface area contributed by atoms with Crippen LogP contribution in [0.2, 0.25) is 0 Å². The van der Waals surface area contributed by atoms with Gasteiger partial charge in [0.25, 0.3) is 0 Å². The first-order valence-corrected chi connectivity index (χ1v) is 8.04. The molecule has 0 amide bonds. The smallest absolute Gasteiger partial charge is 0.335 e. The topological polar surface area (TPSA) is 74.6 Å². The van der Waals surface area contributed by atoms with Crippen molar-refractivity contribution in [1.29, 1.82) is 0 Å². The lowest BCUT2D eigenvalue weighted by atomic mass is 9.93. The summed E-state index contributed by atoms with van der Waals surface area (Å²) >= 11 is 1.67. The van der Waals surface area contributed by atoms with E-state index in [1.165, 1.54) is 17.0 Å². The van der Waals surface area contributed by atoms with E-state index in [9.17, 15) is 4.79 Å². The van der Waals surface area contributed by atoms with Gasteiger partial charge in [0.1, 0.15) is 0 Å². The molecule has 0 bridgehead atoms. The lowest BCUT2D eigenvalue weighted by Crippen LogP contribution is -2.09. The van der Waals surface area contributed by atoms with Crippen LogP contribution in [-0.4, -0.2) is 22.3 Å². The molecule has 5 nitrogen and oxygen atoms in total. The largest absolute Gasteiger partial charge is 0.478 e. The van der Waals surface area contributed by atoms with Crippen LogP contribution >= 0.6 is 11.3 Å². The molecule has 1 aromatic carbocycles. The summed E-state index contributed by atoms with van der Waals surface area (Å²) in [7, 11) is 0. The first kappa shape index (κ1) is 14.7. The van der Waals surface area contributed by atoms with E-state index in [0.717, 1.165) is 29.5 Å². The highest BCUT2D eigenvalue weighted by Gasteiger charge is 2.19. The number of fused-ring (bicyclic) bond motifs is 1. The van der Waals surface area contributed by atoms with Crippen LogP contribution in [0.15, 0.2) is 29.4 Å². The van der Waals surface area contributed by atoms with Gasteiger partial charge < -0.3 is 5.11 Å². The number of carboxylic acids is 1. The molecule has 6 heteroatoms. The van der Waals surface area contributed by atoms with Crippen molar-refractivity contribution in [2.45, 2.75) is 26.2 Å². The average molecular weight is 315 g/mol. The quantitative estimate of drug-likeness (QED) is 0.670. The second-order valence-electron chi connectivity index (χ2n) is 5.53. The standard InChI is InChI=1S/C16H17N3O2S/c1-10-2-7-13-14(8-10)22-16(18-13)19-17-9-11-3-5-12(6-4-11)15(20)21/h3-6,9-10H,2,7-8H2,1H3,(H,18,19)(H,20,21)/b17-9+. The Morgan fingerprint density at radius 1 is 1.45 bits per heavy atom. The Hall–Kier alpha value is -2.21. The fourth-order valence-electron chi connectivity index (χ4n) is 2.46. The summed E-state index contributed by atoms with van der Waals surface area (Å²) < 4.78 is 0. The van der Waals surface area contributed by atoms with Gasteiger partial charge >= 0.3 is 5.97 Å². The predicted octanol–water partition coefficient (Wildman–Crippen LogP) is 3.41. The van der Waals surface area contributed by atoms with Gasteiger partial charge in [0, 0.05) is 4.88 Å². The minimum absolute atomic E-state index is 0.270. The summed E-state index contributed by atoms with van der Waals surface area (Å²) in [6.45, 7) is 2.27. The van der Waals surface area contributed by atoms with E-state index >= 15 is 0 Å². The number of nitrogens with zero attached hydrogens (tertiary/aromatic N) is 2. The van der Waals surface area contributed by atoms with Gasteiger partial charge in [-0.3, -0.25) is 5.43 Å². The number of aryl methyl sites for hydroxylation is 1. The van der Waals surface area contributed by atoms with Crippen LogP contribution in [0.25, 0.3) is 0 Å². The molecule has 114 valence electrons. The van der Waals surface area contributed by atoms with Crippen LogP contribution in [0.1, 0.15) is 39.8 Å². The molecule has 1 unspecified atom stereocenters. The Morgan fingerprint density at radius 3 is 2.95 bits per heavy atom. The maximum absolute atomic E-state index is 10.8. The van der Waals surface area contributed by atoms with Gasteiger partial charge in [-0.1, -0.05) is 19.1 Å². The third kappa shape index (κ3) is 3.33. The SMILES string of the molecule is CC1CCc2nc(N/N=C/c3ccc(C(=O)O)cc3)sc2C1. The highest BCUT2D eigenvalue weighted by atomic mass is 32.1. The number of benzene rings is 1. The van der Waals surface area contributed by atoms with Gasteiger partial charge in [-0.2, -0.15) is 5.10 Å². The molecule has 0 aliphatic heterocycles. The molecule has 2 aromatic rings. The Kier molecular flexibility index (Phi) is 4.20. The Morgan fingerprint density at radius 2 is 2.23 bits per heavy atom. The fourth-order valence-corrected chi connectivity index (χ4v) is 3.58. The van der Waals surface area contributed by atoms with Crippen molar-refractivity contribution in [3.05, 3.63) is 46.0 Å². The molecule has 1 aliphatic rings. The molecule has 0 spiro atoms. The molecule has 0 fully saturated rings. The van der Waals surface area contributed by atoms with Crippen molar-refractivity contribution in [3.8, 4) is 0 Å². The monoisotopic (exact) mass is 315 g/mol. The second kappa shape index (κ2) is 6.27. The molecular weight excluding hydrogens is 298 g/mol. The zero-order chi connectivity index (χ0) is 15.5. The first-order chi connectivity index (χ1) is 10.6. The minimum atomic E-state index is -0.927. The van der Waals surface area contributed by atoms with Gasteiger partial charge in [-0.25, -0.2) is 9.78 Å². The van der Waals surface area contributed by atoms with Crippen molar-refractivity contribution in [1.82, 2.24) is 4.98 Å². The Bertz CT molecular complexity index is 707. The molecule has 2 N–H and O–H groups in total. The summed E-state index contributed by atoms with van der Waals surface area (Å²) in [5.74, 6) is -0.193. The number of aromatic carboxylic acids is 1. The first-order valence-electron chi connectivity index (χ1n) is 7.23. The highest BCUT2D eigenvalue weighted by Crippen LogP contribution is 2.31. The molecular formula is C16H17N3O2S. The van der Waals surface area contributed by atoms with Gasteiger partial charge in [0.05, 0.1) is 17.5 Å². The summed E-state index contributed by atoms with van der Waals surface area (Å²) in [5.41, 5.74) is 5.27. The molecule has 22 heavy (non-hydrogen) atoms. The van der Waals surface area contributed by atoms with Crippen molar-refractivity contribution < 1.29 is 9.90 Å². The van der Waals surface area contributed by atoms with Crippen LogP contribution in [0, 0.1) is 5.92 Å². The van der Waals surface area contributed by atoms with E-state index in [2.05, 4.69) is 22.4 Å². The summed E-state index contributed by atoms with van der Waals surface area (Å²) in [6, 6.07) is 6.58. The van der Waals surface area contributed by atoms with E-state index in [1.54, 1.807) is 41.8 Å². The highest BCUT2D eigenvalue weighted by molar-refractivity contribution is 7.15. The molecule has 3 rings (SSSR count). The third-order valence-electron chi connectivity index (χ3n) is 3.72. The van der Waals surface area contributed by atoms with E-state index in [-0.39, 0.29) is 5.56 Å². The van der Waals surface area contributed by atoms with E-state index in [4.69, 9.17) is 5.11 Å². The van der Waals surface area contributed by atoms with Crippen molar-refractivity contribution >= 4 is 28.7 Å². The number of rotatable bonds is 4. The number of aromatic nitrogens is 1. The lowest BCUT2D eigenvalue weighted by molar-refractivity contribution is 0.0697. The number of carbonyl (C=O) groups is 1. The van der Waals surface area contributed by atoms with Crippen LogP contribution in [0.5, 0.6) is 0 Å².